The molecule has 1 aromatic carbocycles. The van der Waals surface area contributed by atoms with Gasteiger partial charge in [0.2, 0.25) is 5.91 Å². The topological polar surface area (TPSA) is 66.0 Å². The summed E-state index contributed by atoms with van der Waals surface area (Å²) in [6.45, 7) is 0.819. The van der Waals surface area contributed by atoms with E-state index < -0.39 is 0 Å². The molecule has 1 amide bonds. The van der Waals surface area contributed by atoms with E-state index in [1.54, 1.807) is 26.1 Å². The van der Waals surface area contributed by atoms with Crippen LogP contribution in [0.15, 0.2) is 23.2 Å². The fraction of sp³-hybridized carbons (Fsp3) is 0.579. The van der Waals surface area contributed by atoms with E-state index in [9.17, 15) is 4.79 Å². The minimum atomic E-state index is -0.0179. The fourth-order valence-electron chi connectivity index (χ4n) is 2.88. The highest BCUT2D eigenvalue weighted by atomic mass is 127. The average Bonchev–Trinajstić information content (AvgIpc) is 3.13. The molecule has 8 heteroatoms. The summed E-state index contributed by atoms with van der Waals surface area (Å²) >= 11 is 6.29. The number of amides is 1. The molecule has 2 rings (SSSR count). The molecule has 0 unspecified atom stereocenters. The number of hydrogen-bond donors (Lipinski definition) is 2. The van der Waals surface area contributed by atoms with Gasteiger partial charge in [-0.1, -0.05) is 30.5 Å². The Morgan fingerprint density at radius 2 is 2.04 bits per heavy atom. The SMILES string of the molecule is COc1ccc(CCNC(=NCC(=O)N(C)C)NC2CCCC2)c(Cl)c1.I. The van der Waals surface area contributed by atoms with E-state index in [4.69, 9.17) is 16.3 Å². The van der Waals surface area contributed by atoms with Crippen LogP contribution in [0.5, 0.6) is 5.75 Å². The van der Waals surface area contributed by atoms with Crippen LogP contribution in [0.1, 0.15) is 31.2 Å². The predicted octanol–water partition coefficient (Wildman–Crippen LogP) is 3.08. The number of guanidine groups is 1. The average molecular weight is 509 g/mol. The summed E-state index contributed by atoms with van der Waals surface area (Å²) in [4.78, 5) is 17.8. The molecule has 1 saturated carbocycles. The smallest absolute Gasteiger partial charge is 0.243 e. The van der Waals surface area contributed by atoms with Gasteiger partial charge < -0.3 is 20.3 Å². The summed E-state index contributed by atoms with van der Waals surface area (Å²) in [5, 5.41) is 7.46. The summed E-state index contributed by atoms with van der Waals surface area (Å²) in [6, 6.07) is 6.13. The molecule has 1 fully saturated rings. The first kappa shape index (κ1) is 23.8. The maximum absolute atomic E-state index is 11.8. The van der Waals surface area contributed by atoms with Crippen molar-refractivity contribution in [2.75, 3.05) is 34.3 Å². The Balaban J connectivity index is 0.00000364. The van der Waals surface area contributed by atoms with Crippen LogP contribution in [0.2, 0.25) is 5.02 Å². The van der Waals surface area contributed by atoms with Gasteiger partial charge in [-0.3, -0.25) is 4.79 Å². The lowest BCUT2D eigenvalue weighted by molar-refractivity contribution is -0.127. The van der Waals surface area contributed by atoms with Gasteiger partial charge in [-0.25, -0.2) is 4.99 Å². The molecule has 1 aliphatic rings. The molecule has 152 valence electrons. The molecule has 0 atom stereocenters. The van der Waals surface area contributed by atoms with Crippen molar-refractivity contribution in [3.05, 3.63) is 28.8 Å². The second kappa shape index (κ2) is 12.3. The molecule has 0 saturated heterocycles. The Kier molecular flexibility index (Phi) is 10.8. The lowest BCUT2D eigenvalue weighted by Crippen LogP contribution is -2.43. The molecule has 1 aromatic rings. The number of hydrogen-bond acceptors (Lipinski definition) is 3. The number of carbonyl (C=O) groups excluding carboxylic acids is 1. The number of ether oxygens (including phenoxy) is 1. The van der Waals surface area contributed by atoms with E-state index in [0.717, 1.165) is 30.6 Å². The molecule has 27 heavy (non-hydrogen) atoms. The third-order valence-electron chi connectivity index (χ3n) is 4.51. The van der Waals surface area contributed by atoms with Crippen LogP contribution in [-0.2, 0) is 11.2 Å². The highest BCUT2D eigenvalue weighted by Crippen LogP contribution is 2.22. The molecule has 1 aliphatic carbocycles. The summed E-state index contributed by atoms with van der Waals surface area (Å²) in [6.07, 6.45) is 5.53. The summed E-state index contributed by atoms with van der Waals surface area (Å²) in [7, 11) is 5.10. The Bertz CT molecular complexity index is 634. The van der Waals surface area contributed by atoms with Crippen molar-refractivity contribution in [2.24, 2.45) is 4.99 Å². The Labute approximate surface area is 184 Å². The zero-order valence-electron chi connectivity index (χ0n) is 16.3. The van der Waals surface area contributed by atoms with E-state index >= 15 is 0 Å². The second-order valence-electron chi connectivity index (χ2n) is 6.71. The van der Waals surface area contributed by atoms with Gasteiger partial charge in [0.05, 0.1) is 7.11 Å². The van der Waals surface area contributed by atoms with Gasteiger partial charge in [0.15, 0.2) is 5.96 Å². The molecular weight excluding hydrogens is 479 g/mol. The number of methoxy groups -OCH3 is 1. The van der Waals surface area contributed by atoms with Gasteiger partial charge in [0.25, 0.3) is 0 Å². The van der Waals surface area contributed by atoms with Gasteiger partial charge in [0.1, 0.15) is 12.3 Å². The van der Waals surface area contributed by atoms with Crippen LogP contribution in [0.3, 0.4) is 0 Å². The van der Waals surface area contributed by atoms with E-state index in [0.29, 0.717) is 23.6 Å². The van der Waals surface area contributed by atoms with Gasteiger partial charge in [0, 0.05) is 31.7 Å². The lowest BCUT2D eigenvalue weighted by atomic mass is 10.1. The standard InChI is InChI=1S/C19H29ClN4O2.HI/c1-24(2)18(25)13-22-19(23-15-6-4-5-7-15)21-11-10-14-8-9-16(26-3)12-17(14)20;/h8-9,12,15H,4-7,10-11,13H2,1-3H3,(H2,21,22,23);1H. The van der Waals surface area contributed by atoms with E-state index in [1.165, 1.54) is 12.8 Å². The largest absolute Gasteiger partial charge is 0.497 e. The highest BCUT2D eigenvalue weighted by molar-refractivity contribution is 14.0. The zero-order chi connectivity index (χ0) is 18.9. The maximum Gasteiger partial charge on any atom is 0.243 e. The van der Waals surface area contributed by atoms with E-state index in [-0.39, 0.29) is 36.4 Å². The number of nitrogens with one attached hydrogen (secondary N) is 2. The second-order valence-corrected chi connectivity index (χ2v) is 7.12. The third kappa shape index (κ3) is 8.13. The highest BCUT2D eigenvalue weighted by Gasteiger charge is 2.16. The first-order chi connectivity index (χ1) is 12.5. The number of likely N-dealkylation sites (N-methyl/N-ethyl adjacent to an activating group) is 1. The molecule has 6 nitrogen and oxygen atoms in total. The summed E-state index contributed by atoms with van der Waals surface area (Å²) in [5.41, 5.74) is 1.05. The van der Waals surface area contributed by atoms with Crippen molar-refractivity contribution in [1.82, 2.24) is 15.5 Å². The predicted molar refractivity (Wildman–Crippen MR) is 122 cm³/mol. The molecule has 0 radical (unpaired) electrons. The first-order valence-electron chi connectivity index (χ1n) is 9.07. The van der Waals surface area contributed by atoms with E-state index in [2.05, 4.69) is 15.6 Å². The van der Waals surface area contributed by atoms with Crippen molar-refractivity contribution in [2.45, 2.75) is 38.1 Å². The minimum Gasteiger partial charge on any atom is -0.497 e. The summed E-state index contributed by atoms with van der Waals surface area (Å²) in [5.74, 6) is 1.42. The Morgan fingerprint density at radius 1 is 1.33 bits per heavy atom. The van der Waals surface area contributed by atoms with Crippen molar-refractivity contribution >= 4 is 47.4 Å². The Hall–Kier alpha value is -1.22. The van der Waals surface area contributed by atoms with Crippen molar-refractivity contribution in [1.29, 1.82) is 0 Å². The molecule has 0 aromatic heterocycles. The minimum absolute atomic E-state index is 0. The monoisotopic (exact) mass is 508 g/mol. The number of rotatable bonds is 7. The van der Waals surface area contributed by atoms with Crippen LogP contribution in [0, 0.1) is 0 Å². The maximum atomic E-state index is 11.8. The van der Waals surface area contributed by atoms with Crippen LogP contribution >= 0.6 is 35.6 Å². The number of nitrogens with zero attached hydrogens (tertiary/aromatic N) is 2. The van der Waals surface area contributed by atoms with Crippen LogP contribution in [0.25, 0.3) is 0 Å². The molecule has 0 aliphatic heterocycles. The lowest BCUT2D eigenvalue weighted by Gasteiger charge is -2.18. The van der Waals surface area contributed by atoms with Crippen molar-refractivity contribution < 1.29 is 9.53 Å². The van der Waals surface area contributed by atoms with Gasteiger partial charge in [-0.05, 0) is 37.0 Å². The zero-order valence-corrected chi connectivity index (χ0v) is 19.3. The molecule has 0 spiro atoms. The quantitative estimate of drug-likeness (QED) is 0.338. The van der Waals surface area contributed by atoms with Crippen molar-refractivity contribution in [3.8, 4) is 5.75 Å². The van der Waals surface area contributed by atoms with Crippen LogP contribution in [-0.4, -0.2) is 57.1 Å². The number of carbonyl (C=O) groups is 1. The number of aliphatic imine (C=N–C) groups is 1. The summed E-state index contributed by atoms with van der Waals surface area (Å²) < 4.78 is 5.18. The number of halogens is 2. The fourth-order valence-corrected chi connectivity index (χ4v) is 3.14. The van der Waals surface area contributed by atoms with Crippen LogP contribution < -0.4 is 15.4 Å². The van der Waals surface area contributed by atoms with Gasteiger partial charge >= 0.3 is 0 Å². The molecule has 2 N–H and O–H groups in total. The Morgan fingerprint density at radius 3 is 2.63 bits per heavy atom. The van der Waals surface area contributed by atoms with Crippen LogP contribution in [0.4, 0.5) is 0 Å². The molecule has 0 heterocycles. The third-order valence-corrected chi connectivity index (χ3v) is 4.87. The molecular formula is C19H30ClIN4O2. The number of benzene rings is 1. The normalized spacial score (nSPS) is 14.4. The van der Waals surface area contributed by atoms with Crippen molar-refractivity contribution in [3.63, 3.8) is 0 Å². The first-order valence-corrected chi connectivity index (χ1v) is 9.45. The molecule has 0 bridgehead atoms. The van der Waals surface area contributed by atoms with Gasteiger partial charge in [-0.2, -0.15) is 0 Å². The van der Waals surface area contributed by atoms with Gasteiger partial charge in [-0.15, -0.1) is 24.0 Å². The van der Waals surface area contributed by atoms with E-state index in [1.807, 2.05) is 18.2 Å².